The molecule has 1 aliphatic heterocycles. The number of rotatable bonds is 7. The average Bonchev–Trinajstić information content (AvgIpc) is 3.15. The molecular weight excluding hydrogens is 330 g/mol. The van der Waals surface area contributed by atoms with Gasteiger partial charge < -0.3 is 9.57 Å². The molecule has 134 valence electrons. The zero-order valence-corrected chi connectivity index (χ0v) is 15.1. The lowest BCUT2D eigenvalue weighted by Gasteiger charge is -2.09. The van der Waals surface area contributed by atoms with Crippen LogP contribution in [0.1, 0.15) is 29.3 Å². The van der Waals surface area contributed by atoms with Crippen molar-refractivity contribution in [3.05, 3.63) is 58.8 Å². The maximum Gasteiger partial charge on any atom is 0.213 e. The molecule has 2 aromatic rings. The molecule has 0 aliphatic carbocycles. The second-order valence-corrected chi connectivity index (χ2v) is 6.06. The van der Waals surface area contributed by atoms with Crippen LogP contribution in [-0.4, -0.2) is 29.6 Å². The first-order valence-electron chi connectivity index (χ1n) is 8.37. The third kappa shape index (κ3) is 4.72. The van der Waals surface area contributed by atoms with Crippen LogP contribution >= 0.6 is 0 Å². The Morgan fingerprint density at radius 3 is 2.58 bits per heavy atom. The highest BCUT2D eigenvalue weighted by Crippen LogP contribution is 2.14. The van der Waals surface area contributed by atoms with Gasteiger partial charge in [-0.15, -0.1) is 5.10 Å². The van der Waals surface area contributed by atoms with Crippen molar-refractivity contribution in [2.75, 3.05) is 13.2 Å². The quantitative estimate of drug-likeness (QED) is 0.561. The zero-order chi connectivity index (χ0) is 18.4. The van der Waals surface area contributed by atoms with Crippen LogP contribution in [0, 0.1) is 13.8 Å². The molecule has 0 fully saturated rings. The number of nitrogens with zero attached hydrogens (tertiary/aromatic N) is 5. The Morgan fingerprint density at radius 2 is 1.88 bits per heavy atom. The van der Waals surface area contributed by atoms with Gasteiger partial charge in [-0.05, 0) is 37.6 Å². The third-order valence-corrected chi connectivity index (χ3v) is 3.89. The van der Waals surface area contributed by atoms with Gasteiger partial charge in [0.1, 0.15) is 25.5 Å². The first kappa shape index (κ1) is 17.7. The van der Waals surface area contributed by atoms with Crippen LogP contribution in [0.3, 0.4) is 0 Å². The first-order chi connectivity index (χ1) is 12.6. The van der Waals surface area contributed by atoms with E-state index in [4.69, 9.17) is 9.57 Å². The summed E-state index contributed by atoms with van der Waals surface area (Å²) in [6.07, 6.45) is 0. The fraction of sp³-hybridized carbons (Fsp3) is 0.316. The van der Waals surface area contributed by atoms with E-state index in [2.05, 4.69) is 44.6 Å². The summed E-state index contributed by atoms with van der Waals surface area (Å²) < 4.78 is 5.62. The Morgan fingerprint density at radius 1 is 1.08 bits per heavy atom. The number of hydrogen-bond donors (Lipinski definition) is 0. The van der Waals surface area contributed by atoms with Crippen molar-refractivity contribution in [1.82, 2.24) is 4.98 Å². The van der Waals surface area contributed by atoms with E-state index in [0.717, 1.165) is 28.2 Å². The Bertz CT molecular complexity index is 857. The summed E-state index contributed by atoms with van der Waals surface area (Å²) in [7, 11) is 0. The highest BCUT2D eigenvalue weighted by Gasteiger charge is 2.09. The van der Waals surface area contributed by atoms with Crippen molar-refractivity contribution in [3.63, 3.8) is 0 Å². The minimum Gasteiger partial charge on any atom is -0.471 e. The van der Waals surface area contributed by atoms with Gasteiger partial charge in [-0.3, -0.25) is 0 Å². The van der Waals surface area contributed by atoms with E-state index >= 15 is 0 Å². The smallest absolute Gasteiger partial charge is 0.213 e. The molecule has 0 spiro atoms. The molecule has 1 aromatic carbocycles. The summed E-state index contributed by atoms with van der Waals surface area (Å²) in [5.74, 6) is 0.536. The van der Waals surface area contributed by atoms with Crippen LogP contribution < -0.4 is 4.74 Å². The Labute approximate surface area is 152 Å². The monoisotopic (exact) mass is 351 g/mol. The molecule has 3 rings (SSSR count). The zero-order valence-electron chi connectivity index (χ0n) is 15.1. The molecule has 0 amide bonds. The van der Waals surface area contributed by atoms with E-state index in [0.29, 0.717) is 25.6 Å². The fourth-order valence-corrected chi connectivity index (χ4v) is 2.41. The number of aromatic nitrogens is 1. The van der Waals surface area contributed by atoms with Gasteiger partial charge in [0.2, 0.25) is 5.88 Å². The maximum absolute atomic E-state index is 5.62. The van der Waals surface area contributed by atoms with E-state index < -0.39 is 0 Å². The van der Waals surface area contributed by atoms with Crippen molar-refractivity contribution in [2.45, 2.75) is 27.4 Å². The molecule has 0 bridgehead atoms. The number of aryl methyl sites for hydroxylation is 2. The largest absolute Gasteiger partial charge is 0.471 e. The molecule has 0 N–H and O–H groups in total. The maximum atomic E-state index is 5.62. The van der Waals surface area contributed by atoms with Crippen molar-refractivity contribution in [1.29, 1.82) is 0 Å². The number of ether oxygens (including phenoxy) is 1. The van der Waals surface area contributed by atoms with E-state index in [1.54, 1.807) is 0 Å². The molecule has 0 radical (unpaired) electrons. The summed E-state index contributed by atoms with van der Waals surface area (Å²) in [4.78, 5) is 9.92. The molecule has 7 heteroatoms. The molecular formula is C19H21N5O2. The molecule has 0 saturated carbocycles. The molecule has 26 heavy (non-hydrogen) atoms. The van der Waals surface area contributed by atoms with Gasteiger partial charge >= 0.3 is 0 Å². The Hall–Kier alpha value is -3.09. The average molecular weight is 351 g/mol. The number of benzene rings is 1. The summed E-state index contributed by atoms with van der Waals surface area (Å²) in [6.45, 7) is 7.13. The number of oxime groups is 1. The minimum atomic E-state index is 0.339. The van der Waals surface area contributed by atoms with Gasteiger partial charge in [0.25, 0.3) is 0 Å². The summed E-state index contributed by atoms with van der Waals surface area (Å²) in [6, 6.07) is 11.9. The lowest BCUT2D eigenvalue weighted by atomic mass is 10.1. The predicted octanol–water partition coefficient (Wildman–Crippen LogP) is 3.84. The van der Waals surface area contributed by atoms with Gasteiger partial charge in [-0.1, -0.05) is 35.0 Å². The van der Waals surface area contributed by atoms with Gasteiger partial charge in [0.15, 0.2) is 0 Å². The van der Waals surface area contributed by atoms with Gasteiger partial charge in [0, 0.05) is 11.6 Å². The lowest BCUT2D eigenvalue weighted by Crippen LogP contribution is -2.13. The highest BCUT2D eigenvalue weighted by molar-refractivity contribution is 5.99. The number of hydrogen-bond acceptors (Lipinski definition) is 7. The van der Waals surface area contributed by atoms with Crippen LogP contribution in [0.2, 0.25) is 0 Å². The topological polar surface area (TPSA) is 80.8 Å². The molecule has 0 unspecified atom stereocenters. The minimum absolute atomic E-state index is 0.339. The van der Waals surface area contributed by atoms with E-state index in [1.165, 1.54) is 5.56 Å². The Kier molecular flexibility index (Phi) is 5.68. The lowest BCUT2D eigenvalue weighted by molar-refractivity contribution is 0.130. The fourth-order valence-electron chi connectivity index (χ4n) is 2.41. The molecule has 1 aromatic heterocycles. The summed E-state index contributed by atoms with van der Waals surface area (Å²) in [5.41, 5.74) is 5.61. The van der Waals surface area contributed by atoms with Crippen molar-refractivity contribution in [2.24, 2.45) is 20.6 Å². The van der Waals surface area contributed by atoms with Gasteiger partial charge in [-0.2, -0.15) is 5.11 Å². The molecule has 1 aliphatic rings. The van der Waals surface area contributed by atoms with Gasteiger partial charge in [-0.25, -0.2) is 4.98 Å². The van der Waals surface area contributed by atoms with Crippen molar-refractivity contribution < 1.29 is 9.57 Å². The first-order valence-corrected chi connectivity index (χ1v) is 8.37. The normalized spacial score (nSPS) is 13.7. The second-order valence-electron chi connectivity index (χ2n) is 6.06. The number of pyridine rings is 1. The summed E-state index contributed by atoms with van der Waals surface area (Å²) in [5, 5.41) is 15.4. The van der Waals surface area contributed by atoms with Crippen LogP contribution in [-0.2, 0) is 11.4 Å². The SMILES string of the molecule is C/C(=N\OCc1ccc(C)cc1)c1ccc(OCC2=NN=NC2)nc1C. The van der Waals surface area contributed by atoms with Crippen LogP contribution in [0.4, 0.5) is 0 Å². The van der Waals surface area contributed by atoms with Crippen LogP contribution in [0.5, 0.6) is 5.88 Å². The van der Waals surface area contributed by atoms with E-state index in [-0.39, 0.29) is 0 Å². The third-order valence-electron chi connectivity index (χ3n) is 3.89. The molecule has 0 atom stereocenters. The van der Waals surface area contributed by atoms with Gasteiger partial charge in [0.05, 0.1) is 11.4 Å². The standard InChI is InChI=1S/C19H21N5O2/c1-13-4-6-16(7-5-13)11-26-23-15(3)18-8-9-19(21-14(18)2)25-12-17-10-20-24-22-17/h4-9H,10-12H2,1-3H3/b23-15+. The van der Waals surface area contributed by atoms with Crippen molar-refractivity contribution in [3.8, 4) is 5.88 Å². The highest BCUT2D eigenvalue weighted by atomic mass is 16.6. The van der Waals surface area contributed by atoms with E-state index in [1.807, 2.05) is 38.1 Å². The summed E-state index contributed by atoms with van der Waals surface area (Å²) >= 11 is 0. The van der Waals surface area contributed by atoms with Crippen LogP contribution in [0.15, 0.2) is 57.0 Å². The second kappa shape index (κ2) is 8.33. The van der Waals surface area contributed by atoms with Crippen molar-refractivity contribution >= 4 is 11.4 Å². The Balaban J connectivity index is 1.57. The van der Waals surface area contributed by atoms with Crippen LogP contribution in [0.25, 0.3) is 0 Å². The van der Waals surface area contributed by atoms with E-state index in [9.17, 15) is 0 Å². The molecule has 7 nitrogen and oxygen atoms in total. The predicted molar refractivity (Wildman–Crippen MR) is 99.8 cm³/mol. The molecule has 0 saturated heterocycles. The molecule has 2 heterocycles.